The molecule has 48 heavy (non-hydrogen) atoms. The summed E-state index contributed by atoms with van der Waals surface area (Å²) < 4.78 is 68.4. The predicted octanol–water partition coefficient (Wildman–Crippen LogP) is -2.90. The Morgan fingerprint density at radius 3 is 2.23 bits per heavy atom. The summed E-state index contributed by atoms with van der Waals surface area (Å²) in [5, 5.41) is 31.5. The minimum absolute atomic E-state index is 0.00286. The molecule has 5 heterocycles. The highest BCUT2D eigenvalue weighted by atomic mass is 31.3. The lowest BCUT2D eigenvalue weighted by Crippen LogP contribution is -2.46. The van der Waals surface area contributed by atoms with Crippen molar-refractivity contribution < 1.29 is 85.3 Å². The summed E-state index contributed by atoms with van der Waals surface area (Å²) in [5.41, 5.74) is 11.1. The number of hydrogen-bond donors (Lipinski definition) is 9. The maximum atomic E-state index is 12.6. The molecule has 0 aliphatic carbocycles. The van der Waals surface area contributed by atoms with Gasteiger partial charge in [-0.15, -0.1) is 0 Å². The van der Waals surface area contributed by atoms with Crippen LogP contribution in [0.2, 0.25) is 0 Å². The fourth-order valence-electron chi connectivity index (χ4n) is 4.83. The van der Waals surface area contributed by atoms with Crippen molar-refractivity contribution in [2.75, 3.05) is 18.9 Å². The Labute approximate surface area is 267 Å². The van der Waals surface area contributed by atoms with Crippen molar-refractivity contribution in [1.29, 1.82) is 0 Å². The molecule has 3 aromatic rings. The van der Waals surface area contributed by atoms with E-state index in [0.717, 1.165) is 17.2 Å². The first-order valence-electron chi connectivity index (χ1n) is 13.3. The van der Waals surface area contributed by atoms with Gasteiger partial charge in [0.05, 0.1) is 19.5 Å². The van der Waals surface area contributed by atoms with E-state index in [1.165, 1.54) is 29.1 Å². The lowest BCUT2D eigenvalue weighted by Gasteiger charge is -2.22. The molecule has 0 saturated carbocycles. The van der Waals surface area contributed by atoms with Gasteiger partial charge in [-0.2, -0.15) is 8.88 Å². The maximum Gasteiger partial charge on any atom is 0.481 e. The molecule has 2 saturated heterocycles. The smallest absolute Gasteiger partial charge is 0.387 e. The van der Waals surface area contributed by atoms with Crippen molar-refractivity contribution in [3.8, 4) is 0 Å². The van der Waals surface area contributed by atoms with Crippen LogP contribution >= 0.6 is 23.5 Å². The van der Waals surface area contributed by atoms with Crippen LogP contribution in [-0.4, -0.2) is 110 Å². The first kappa shape index (κ1) is 36.4. The van der Waals surface area contributed by atoms with Crippen LogP contribution in [0.25, 0.3) is 11.2 Å². The summed E-state index contributed by atoms with van der Waals surface area (Å²) >= 11 is 0. The number of ether oxygens (including phenoxy) is 2. The van der Waals surface area contributed by atoms with Gasteiger partial charge in [0.1, 0.15) is 47.9 Å². The van der Waals surface area contributed by atoms with E-state index < -0.39 is 91.7 Å². The lowest BCUT2D eigenvalue weighted by molar-refractivity contribution is -0.765. The second-order valence-corrected chi connectivity index (χ2v) is 14.5. The highest BCUT2D eigenvalue weighted by Gasteiger charge is 2.51. The van der Waals surface area contributed by atoms with E-state index in [0.29, 0.717) is 0 Å². The lowest BCUT2D eigenvalue weighted by atomic mass is 10.1. The number of nitrogens with zero attached hydrogens (tertiary/aromatic N) is 5. The summed E-state index contributed by atoms with van der Waals surface area (Å²) in [5.74, 6) is -0.848. The van der Waals surface area contributed by atoms with Gasteiger partial charge in [-0.25, -0.2) is 28.6 Å². The van der Waals surface area contributed by atoms with Gasteiger partial charge < -0.3 is 55.8 Å². The van der Waals surface area contributed by atoms with Crippen LogP contribution in [-0.2, 0) is 41.1 Å². The van der Waals surface area contributed by atoms with Gasteiger partial charge in [-0.05, 0) is 6.07 Å². The fourth-order valence-corrected chi connectivity index (χ4v) is 7.47. The van der Waals surface area contributed by atoms with Crippen LogP contribution in [0.4, 0.5) is 5.82 Å². The standard InChI is InChI=1S/C21H28N7O17P3/c22-17-12-19(25-7-24-17)28(8-26-12)21-16(44-46(33,34)35)14(30)11(43-21)6-41-48(38,39)45-47(36,37)40-5-10-13(29)15(31)20(42-10)27-3-1-2-9(4-27)18(23)32/h1-4,7-8,10-11,13-16,20-21,29-31H,5-6H2,(H7-,22,23,24,25,32,33,34,35,36,37,38,39)/p+1. The van der Waals surface area contributed by atoms with E-state index in [4.69, 9.17) is 30.0 Å². The molecule has 3 aromatic heterocycles. The van der Waals surface area contributed by atoms with Crippen LogP contribution in [0.1, 0.15) is 22.8 Å². The summed E-state index contributed by atoms with van der Waals surface area (Å²) in [7, 11) is -16.3. The Morgan fingerprint density at radius 1 is 0.958 bits per heavy atom. The number of aromatic nitrogens is 5. The molecule has 27 heteroatoms. The summed E-state index contributed by atoms with van der Waals surface area (Å²) in [6.45, 7) is -2.03. The number of rotatable bonds is 13. The molecule has 2 fully saturated rings. The average molecular weight is 744 g/mol. The number of nitrogen functional groups attached to an aromatic ring is 1. The topological polar surface area (TPSA) is 365 Å². The zero-order valence-corrected chi connectivity index (χ0v) is 26.6. The molecular weight excluding hydrogens is 715 g/mol. The molecule has 0 radical (unpaired) electrons. The fraction of sp³-hybridized carbons (Fsp3) is 0.476. The zero-order chi connectivity index (χ0) is 35.2. The van der Waals surface area contributed by atoms with E-state index in [1.54, 1.807) is 0 Å². The van der Waals surface area contributed by atoms with Crippen molar-refractivity contribution >= 4 is 46.4 Å². The number of anilines is 1. The number of nitrogens with two attached hydrogens (primary N) is 2. The van der Waals surface area contributed by atoms with Crippen molar-refractivity contribution in [3.05, 3.63) is 42.7 Å². The first-order chi connectivity index (χ1) is 22.4. The average Bonchev–Trinajstić information content (AvgIpc) is 3.64. The number of phosphoric acid groups is 3. The van der Waals surface area contributed by atoms with Gasteiger partial charge in [0.25, 0.3) is 12.1 Å². The number of aliphatic hydroxyl groups excluding tert-OH is 3. The van der Waals surface area contributed by atoms with Crippen molar-refractivity contribution in [1.82, 2.24) is 19.5 Å². The number of hydrogen-bond acceptors (Lipinski definition) is 17. The number of carbonyl (C=O) groups excluding carboxylic acids is 1. The summed E-state index contributed by atoms with van der Waals surface area (Å²) in [6, 6.07) is 2.79. The van der Waals surface area contributed by atoms with E-state index in [-0.39, 0.29) is 22.5 Å². The molecular formula is C21H29N7O17P3+. The second-order valence-electron chi connectivity index (χ2n) is 10.3. The van der Waals surface area contributed by atoms with Crippen molar-refractivity contribution in [3.63, 3.8) is 0 Å². The van der Waals surface area contributed by atoms with E-state index in [2.05, 4.69) is 23.8 Å². The quantitative estimate of drug-likeness (QED) is 0.0626. The second kappa shape index (κ2) is 13.8. The minimum atomic E-state index is -5.52. The Bertz CT molecular complexity index is 1810. The molecule has 0 bridgehead atoms. The largest absolute Gasteiger partial charge is 0.481 e. The van der Waals surface area contributed by atoms with Crippen LogP contribution in [0.5, 0.6) is 0 Å². The van der Waals surface area contributed by atoms with Crippen LogP contribution in [0, 0.1) is 0 Å². The highest BCUT2D eigenvalue weighted by molar-refractivity contribution is 7.61. The first-order valence-corrected chi connectivity index (χ1v) is 17.9. The maximum absolute atomic E-state index is 12.6. The molecule has 0 aromatic carbocycles. The Balaban J connectivity index is 1.21. The van der Waals surface area contributed by atoms with Crippen molar-refractivity contribution in [2.45, 2.75) is 49.1 Å². The molecule has 0 spiro atoms. The number of imidazole rings is 1. The number of amides is 1. The van der Waals surface area contributed by atoms with Gasteiger partial charge in [0, 0.05) is 6.07 Å². The Kier molecular flexibility index (Phi) is 10.5. The van der Waals surface area contributed by atoms with Crippen LogP contribution < -0.4 is 16.0 Å². The number of fused-ring (bicyclic) bond motifs is 1. The number of aliphatic hydroxyl groups is 3. The minimum Gasteiger partial charge on any atom is -0.387 e. The van der Waals surface area contributed by atoms with E-state index in [1.807, 2.05) is 0 Å². The number of carbonyl (C=O) groups is 1. The SMILES string of the molecule is NC(=O)c1ccc[n+](C2OC(COP(=O)(O)OP(=O)(O)OCC3OC(n4cnc5c(N)ncnc54)C(OP(=O)(O)O)C3O)C(O)C2O)c1. The Morgan fingerprint density at radius 2 is 1.60 bits per heavy atom. The third kappa shape index (κ3) is 8.12. The molecule has 10 atom stereocenters. The molecule has 24 nitrogen and oxygen atoms in total. The van der Waals surface area contributed by atoms with Crippen molar-refractivity contribution in [2.24, 2.45) is 5.73 Å². The zero-order valence-electron chi connectivity index (χ0n) is 23.9. The molecule has 2 aliphatic heterocycles. The summed E-state index contributed by atoms with van der Waals surface area (Å²) in [6.07, 6.45) is -8.39. The van der Waals surface area contributed by atoms with Crippen LogP contribution in [0.3, 0.4) is 0 Å². The highest BCUT2D eigenvalue weighted by Crippen LogP contribution is 2.61. The van der Waals surface area contributed by atoms with Gasteiger partial charge >= 0.3 is 23.5 Å². The summed E-state index contributed by atoms with van der Waals surface area (Å²) in [4.78, 5) is 62.2. The molecule has 10 unspecified atom stereocenters. The monoisotopic (exact) mass is 744 g/mol. The number of primary amides is 1. The third-order valence-electron chi connectivity index (χ3n) is 6.98. The number of phosphoric ester groups is 3. The molecule has 5 rings (SSSR count). The predicted molar refractivity (Wildman–Crippen MR) is 150 cm³/mol. The van der Waals surface area contributed by atoms with Gasteiger partial charge in [-0.3, -0.25) is 22.9 Å². The normalized spacial score (nSPS) is 30.3. The molecule has 1 amide bonds. The molecule has 264 valence electrons. The number of pyridine rings is 1. The van der Waals surface area contributed by atoms with E-state index in [9.17, 15) is 53.4 Å². The van der Waals surface area contributed by atoms with Gasteiger partial charge in [0.15, 0.2) is 36.2 Å². The third-order valence-corrected chi connectivity index (χ3v) is 10.1. The molecule has 2 aliphatic rings. The van der Waals surface area contributed by atoms with Gasteiger partial charge in [0.2, 0.25) is 0 Å². The van der Waals surface area contributed by atoms with Gasteiger partial charge in [-0.1, -0.05) is 0 Å². The van der Waals surface area contributed by atoms with E-state index >= 15 is 0 Å². The Hall–Kier alpha value is -2.86. The molecule has 11 N–H and O–H groups in total. The van der Waals surface area contributed by atoms with Crippen LogP contribution in [0.15, 0.2) is 37.2 Å².